The van der Waals surface area contributed by atoms with E-state index in [-0.39, 0.29) is 5.78 Å². The highest BCUT2D eigenvalue weighted by molar-refractivity contribution is 5.99. The van der Waals surface area contributed by atoms with Crippen molar-refractivity contribution in [3.63, 3.8) is 0 Å². The molecule has 1 aliphatic rings. The average Bonchev–Trinajstić information content (AvgIpc) is 2.55. The fourth-order valence-corrected chi connectivity index (χ4v) is 3.09. The van der Waals surface area contributed by atoms with Gasteiger partial charge in [-0.15, -0.1) is 0 Å². The topological polar surface area (TPSA) is 80.7 Å². The first kappa shape index (κ1) is 14.7. The highest BCUT2D eigenvalue weighted by Gasteiger charge is 2.22. The number of hydrogen-bond acceptors (Lipinski definition) is 6. The van der Waals surface area contributed by atoms with Crippen LogP contribution in [-0.2, 0) is 6.42 Å². The van der Waals surface area contributed by atoms with Crippen molar-refractivity contribution in [3.8, 4) is 0 Å². The molecule has 0 bridgehead atoms. The molecule has 1 aliphatic carbocycles. The number of carbonyl (C=O) groups is 1. The lowest BCUT2D eigenvalue weighted by atomic mass is 9.94. The van der Waals surface area contributed by atoms with Crippen LogP contribution >= 0.6 is 0 Å². The van der Waals surface area contributed by atoms with E-state index in [1.165, 1.54) is 5.56 Å². The summed E-state index contributed by atoms with van der Waals surface area (Å²) in [5, 5.41) is 4.05. The minimum atomic E-state index is 0.137. The van der Waals surface area contributed by atoms with Crippen molar-refractivity contribution < 1.29 is 4.79 Å². The number of anilines is 2. The van der Waals surface area contributed by atoms with Crippen LogP contribution in [0.4, 0.5) is 11.9 Å². The Balaban J connectivity index is 1.69. The monoisotopic (exact) mass is 319 g/mol. The van der Waals surface area contributed by atoms with E-state index in [2.05, 4.69) is 25.3 Å². The van der Waals surface area contributed by atoms with Gasteiger partial charge in [0.15, 0.2) is 5.78 Å². The number of rotatable bonds is 2. The Morgan fingerprint density at radius 3 is 2.79 bits per heavy atom. The molecule has 0 saturated heterocycles. The molecule has 0 saturated carbocycles. The lowest BCUT2D eigenvalue weighted by Crippen LogP contribution is -2.17. The molecule has 1 N–H and O–H groups in total. The summed E-state index contributed by atoms with van der Waals surface area (Å²) in [5.74, 6) is 1.03. The number of fused-ring (bicyclic) bond motifs is 2. The van der Waals surface area contributed by atoms with Crippen molar-refractivity contribution in [3.05, 3.63) is 46.9 Å². The average molecular weight is 319 g/mol. The summed E-state index contributed by atoms with van der Waals surface area (Å²) in [5.41, 5.74) is 4.25. The van der Waals surface area contributed by atoms with E-state index in [1.54, 1.807) is 6.20 Å². The summed E-state index contributed by atoms with van der Waals surface area (Å²) in [7, 11) is 0. The maximum absolute atomic E-state index is 12.0. The first-order valence-corrected chi connectivity index (χ1v) is 8.01. The van der Waals surface area contributed by atoms with Gasteiger partial charge in [0.2, 0.25) is 11.9 Å². The molecule has 0 unspecified atom stereocenters. The van der Waals surface area contributed by atoms with Crippen LogP contribution in [0.1, 0.15) is 40.2 Å². The smallest absolute Gasteiger partial charge is 0.230 e. The molecule has 0 fully saturated rings. The van der Waals surface area contributed by atoms with E-state index in [0.29, 0.717) is 29.6 Å². The number of nitrogens with one attached hydrogen (secondary N) is 1. The number of carbonyl (C=O) groups excluding carboxylic acids is 1. The largest absolute Gasteiger partial charge is 0.294 e. The molecule has 1 aromatic carbocycles. The molecule has 24 heavy (non-hydrogen) atoms. The van der Waals surface area contributed by atoms with Crippen molar-refractivity contribution in [1.29, 1.82) is 0 Å². The number of ketones is 1. The lowest BCUT2D eigenvalue weighted by molar-refractivity contribution is 0.0970. The summed E-state index contributed by atoms with van der Waals surface area (Å²) in [4.78, 5) is 29.7. The maximum atomic E-state index is 12.0. The molecule has 6 heteroatoms. The third-order valence-electron chi connectivity index (χ3n) is 4.22. The Labute approximate surface area is 139 Å². The van der Waals surface area contributed by atoms with Gasteiger partial charge in [0.05, 0.1) is 22.5 Å². The molecule has 6 nitrogen and oxygen atoms in total. The maximum Gasteiger partial charge on any atom is 0.230 e. The molecule has 2 aromatic heterocycles. The standard InChI is InChI=1S/C18H17N5O/c1-10-6-7-13-12(8-10)9-19-17(21-13)23-18-20-11(2)16-14(22-18)4-3-5-15(16)24/h6-9H,3-5H2,1-2H3,(H,19,20,21,22,23). The lowest BCUT2D eigenvalue weighted by Gasteiger charge is -2.16. The number of nitrogens with zero attached hydrogens (tertiary/aromatic N) is 4. The summed E-state index contributed by atoms with van der Waals surface area (Å²) in [6.07, 6.45) is 4.01. The molecule has 0 spiro atoms. The number of benzene rings is 1. The summed E-state index contributed by atoms with van der Waals surface area (Å²) in [6.45, 7) is 3.88. The zero-order valence-corrected chi connectivity index (χ0v) is 13.6. The van der Waals surface area contributed by atoms with Gasteiger partial charge in [-0.05, 0) is 38.8 Å². The van der Waals surface area contributed by atoms with Crippen molar-refractivity contribution in [2.24, 2.45) is 0 Å². The van der Waals surface area contributed by atoms with Gasteiger partial charge in [-0.2, -0.15) is 0 Å². The summed E-state index contributed by atoms with van der Waals surface area (Å²) >= 11 is 0. The molecule has 3 aromatic rings. The van der Waals surface area contributed by atoms with Crippen LogP contribution in [0.2, 0.25) is 0 Å². The van der Waals surface area contributed by atoms with Crippen molar-refractivity contribution in [2.75, 3.05) is 5.32 Å². The SMILES string of the molecule is Cc1ccc2nc(Nc3nc(C)c4c(n3)CCCC4=O)ncc2c1. The van der Waals surface area contributed by atoms with Crippen molar-refractivity contribution in [2.45, 2.75) is 33.1 Å². The molecule has 0 aliphatic heterocycles. The first-order valence-electron chi connectivity index (χ1n) is 8.01. The van der Waals surface area contributed by atoms with Crippen LogP contribution in [0.5, 0.6) is 0 Å². The normalized spacial score (nSPS) is 13.8. The highest BCUT2D eigenvalue weighted by atomic mass is 16.1. The second-order valence-corrected chi connectivity index (χ2v) is 6.11. The fourth-order valence-electron chi connectivity index (χ4n) is 3.09. The van der Waals surface area contributed by atoms with Crippen LogP contribution in [0.25, 0.3) is 10.9 Å². The van der Waals surface area contributed by atoms with Crippen LogP contribution in [-0.4, -0.2) is 25.7 Å². The van der Waals surface area contributed by atoms with Crippen LogP contribution in [0, 0.1) is 13.8 Å². The van der Waals surface area contributed by atoms with Crippen LogP contribution in [0.15, 0.2) is 24.4 Å². The van der Waals surface area contributed by atoms with Gasteiger partial charge in [0.25, 0.3) is 0 Å². The Bertz CT molecular complexity index is 967. The van der Waals surface area contributed by atoms with Gasteiger partial charge in [0.1, 0.15) is 0 Å². The van der Waals surface area contributed by atoms with E-state index in [1.807, 2.05) is 32.0 Å². The van der Waals surface area contributed by atoms with Crippen LogP contribution < -0.4 is 5.32 Å². The molecule has 0 amide bonds. The van der Waals surface area contributed by atoms with Gasteiger partial charge in [-0.1, -0.05) is 11.6 Å². The van der Waals surface area contributed by atoms with Gasteiger partial charge < -0.3 is 0 Å². The third kappa shape index (κ3) is 2.60. The first-order chi connectivity index (χ1) is 11.6. The van der Waals surface area contributed by atoms with Crippen LogP contribution in [0.3, 0.4) is 0 Å². The van der Waals surface area contributed by atoms with Gasteiger partial charge in [0, 0.05) is 18.0 Å². The molecular formula is C18H17N5O. The van der Waals surface area contributed by atoms with Gasteiger partial charge in [-0.25, -0.2) is 19.9 Å². The summed E-state index contributed by atoms with van der Waals surface area (Å²) in [6, 6.07) is 6.03. The molecule has 0 atom stereocenters. The zero-order chi connectivity index (χ0) is 16.7. The quantitative estimate of drug-likeness (QED) is 0.780. The van der Waals surface area contributed by atoms with Gasteiger partial charge >= 0.3 is 0 Å². The molecule has 4 rings (SSSR count). The van der Waals surface area contributed by atoms with E-state index in [4.69, 9.17) is 0 Å². The van der Waals surface area contributed by atoms with E-state index >= 15 is 0 Å². The number of aryl methyl sites for hydroxylation is 3. The van der Waals surface area contributed by atoms with Gasteiger partial charge in [-0.3, -0.25) is 10.1 Å². The third-order valence-corrected chi connectivity index (χ3v) is 4.22. The molecular weight excluding hydrogens is 302 g/mol. The Hall–Kier alpha value is -2.89. The number of Topliss-reactive ketones (excluding diaryl/α,β-unsaturated/α-hetero) is 1. The molecule has 0 radical (unpaired) electrons. The minimum Gasteiger partial charge on any atom is -0.294 e. The Morgan fingerprint density at radius 1 is 1.04 bits per heavy atom. The molecule has 2 heterocycles. The minimum absolute atomic E-state index is 0.137. The molecule has 120 valence electrons. The zero-order valence-electron chi connectivity index (χ0n) is 13.6. The van der Waals surface area contributed by atoms with E-state index in [9.17, 15) is 4.79 Å². The second kappa shape index (κ2) is 5.63. The fraction of sp³-hybridized carbons (Fsp3) is 0.278. The van der Waals surface area contributed by atoms with E-state index < -0.39 is 0 Å². The number of hydrogen-bond donors (Lipinski definition) is 1. The summed E-state index contributed by atoms with van der Waals surface area (Å²) < 4.78 is 0. The predicted octanol–water partition coefficient (Wildman–Crippen LogP) is 3.30. The Kier molecular flexibility index (Phi) is 3.45. The second-order valence-electron chi connectivity index (χ2n) is 6.11. The Morgan fingerprint density at radius 2 is 1.92 bits per heavy atom. The number of aromatic nitrogens is 4. The van der Waals surface area contributed by atoms with E-state index in [0.717, 1.165) is 29.4 Å². The highest BCUT2D eigenvalue weighted by Crippen LogP contribution is 2.24. The van der Waals surface area contributed by atoms with Crippen molar-refractivity contribution >= 4 is 28.6 Å². The predicted molar refractivity (Wildman–Crippen MR) is 91.6 cm³/mol. The van der Waals surface area contributed by atoms with Crippen molar-refractivity contribution in [1.82, 2.24) is 19.9 Å².